The molecule has 0 amide bonds. The van der Waals surface area contributed by atoms with Crippen LogP contribution in [0.4, 0.5) is 5.95 Å². The fourth-order valence-electron chi connectivity index (χ4n) is 3.77. The minimum absolute atomic E-state index is 0.827. The van der Waals surface area contributed by atoms with Crippen LogP contribution in [0.25, 0.3) is 0 Å². The first-order valence-corrected chi connectivity index (χ1v) is 9.48. The first kappa shape index (κ1) is 16.0. The van der Waals surface area contributed by atoms with Crippen LogP contribution in [0, 0.1) is 0 Å². The van der Waals surface area contributed by atoms with Gasteiger partial charge in [0.2, 0.25) is 5.95 Å². The van der Waals surface area contributed by atoms with E-state index < -0.39 is 0 Å². The van der Waals surface area contributed by atoms with E-state index in [2.05, 4.69) is 47.4 Å². The Hall–Kier alpha value is -1.47. The van der Waals surface area contributed by atoms with Crippen LogP contribution in [0.1, 0.15) is 29.8 Å². The van der Waals surface area contributed by atoms with Gasteiger partial charge in [0.15, 0.2) is 0 Å². The predicted molar refractivity (Wildman–Crippen MR) is 97.1 cm³/mol. The van der Waals surface area contributed by atoms with Gasteiger partial charge >= 0.3 is 0 Å². The average molecular weight is 391 g/mol. The largest absolute Gasteiger partial charge is 0.338 e. The molecule has 0 N–H and O–H groups in total. The Morgan fingerprint density at radius 2 is 1.75 bits per heavy atom. The second kappa shape index (κ2) is 6.80. The Bertz CT molecular complexity index is 703. The van der Waals surface area contributed by atoms with E-state index in [0.29, 0.717) is 0 Å². The fraction of sp³-hybridized carbons (Fsp3) is 0.588. The Balaban J connectivity index is 1.39. The molecular weight excluding hydrogens is 368 g/mol. The third-order valence-corrected chi connectivity index (χ3v) is 5.49. The number of hydrogen-bond donors (Lipinski definition) is 0. The molecule has 3 heterocycles. The molecule has 4 rings (SSSR count). The van der Waals surface area contributed by atoms with Gasteiger partial charge in [0, 0.05) is 57.9 Å². The molecule has 128 valence electrons. The Morgan fingerprint density at radius 3 is 2.50 bits per heavy atom. The average Bonchev–Trinajstić information content (AvgIpc) is 2.93. The van der Waals surface area contributed by atoms with Crippen molar-refractivity contribution in [2.45, 2.75) is 32.2 Å². The van der Waals surface area contributed by atoms with Gasteiger partial charge in [-0.25, -0.2) is 9.97 Å². The first-order valence-electron chi connectivity index (χ1n) is 8.69. The molecule has 0 aromatic carbocycles. The summed E-state index contributed by atoms with van der Waals surface area (Å²) in [6.45, 7) is 4.97. The molecule has 2 aromatic rings. The van der Waals surface area contributed by atoms with Gasteiger partial charge in [-0.1, -0.05) is 0 Å². The number of fused-ring (bicyclic) bond motifs is 1. The van der Waals surface area contributed by atoms with E-state index in [9.17, 15) is 0 Å². The summed E-state index contributed by atoms with van der Waals surface area (Å²) in [6, 6.07) is 0. The summed E-state index contributed by atoms with van der Waals surface area (Å²) in [6.07, 6.45) is 8.63. The summed E-state index contributed by atoms with van der Waals surface area (Å²) < 4.78 is 3.03. The first-order chi connectivity index (χ1) is 11.7. The zero-order chi connectivity index (χ0) is 16.5. The van der Waals surface area contributed by atoms with E-state index >= 15 is 0 Å². The van der Waals surface area contributed by atoms with E-state index in [1.54, 1.807) is 0 Å². The van der Waals surface area contributed by atoms with Gasteiger partial charge in [-0.15, -0.1) is 0 Å². The van der Waals surface area contributed by atoms with Crippen LogP contribution in [0.2, 0.25) is 0 Å². The summed E-state index contributed by atoms with van der Waals surface area (Å²) in [7, 11) is 2.09. The molecule has 1 fully saturated rings. The van der Waals surface area contributed by atoms with Gasteiger partial charge < -0.3 is 4.90 Å². The second-order valence-corrected chi connectivity index (χ2v) is 7.58. The maximum Gasteiger partial charge on any atom is 0.225 e. The Labute approximate surface area is 151 Å². The summed E-state index contributed by atoms with van der Waals surface area (Å²) >= 11 is 3.39. The van der Waals surface area contributed by atoms with Gasteiger partial charge in [-0.3, -0.25) is 9.58 Å². The monoisotopic (exact) mass is 390 g/mol. The molecule has 1 aliphatic carbocycles. The van der Waals surface area contributed by atoms with Gasteiger partial charge in [0.1, 0.15) is 0 Å². The third-order valence-electron chi connectivity index (χ3n) is 5.08. The molecule has 0 saturated carbocycles. The number of aryl methyl sites for hydroxylation is 1. The number of piperazine rings is 1. The van der Waals surface area contributed by atoms with Gasteiger partial charge in [0.25, 0.3) is 0 Å². The lowest BCUT2D eigenvalue weighted by Gasteiger charge is -2.34. The van der Waals surface area contributed by atoms with E-state index in [1.807, 2.05) is 12.4 Å². The molecule has 0 spiro atoms. The summed E-state index contributed by atoms with van der Waals surface area (Å²) in [4.78, 5) is 13.6. The maximum atomic E-state index is 4.80. The van der Waals surface area contributed by atoms with Crippen LogP contribution in [0.15, 0.2) is 16.9 Å². The van der Waals surface area contributed by atoms with Crippen LogP contribution < -0.4 is 4.90 Å². The maximum absolute atomic E-state index is 4.80. The molecule has 1 aliphatic heterocycles. The van der Waals surface area contributed by atoms with Crippen molar-refractivity contribution in [2.75, 3.05) is 31.1 Å². The lowest BCUT2D eigenvalue weighted by molar-refractivity contribution is 0.244. The van der Waals surface area contributed by atoms with Crippen molar-refractivity contribution >= 4 is 21.9 Å². The van der Waals surface area contributed by atoms with E-state index in [1.165, 1.54) is 42.6 Å². The number of aromatic nitrogens is 4. The predicted octanol–water partition coefficient (Wildman–Crippen LogP) is 2.17. The van der Waals surface area contributed by atoms with Gasteiger partial charge in [-0.2, -0.15) is 5.10 Å². The topological polar surface area (TPSA) is 50.1 Å². The van der Waals surface area contributed by atoms with Crippen LogP contribution >= 0.6 is 15.9 Å². The second-order valence-electron chi connectivity index (χ2n) is 6.67. The molecule has 2 aromatic heterocycles. The van der Waals surface area contributed by atoms with Gasteiger partial charge in [-0.05, 0) is 47.2 Å². The number of hydrogen-bond acceptors (Lipinski definition) is 5. The molecule has 7 heteroatoms. The normalized spacial score (nSPS) is 18.7. The number of rotatable bonds is 3. The quantitative estimate of drug-likeness (QED) is 0.803. The fourth-order valence-corrected chi connectivity index (χ4v) is 3.98. The highest BCUT2D eigenvalue weighted by Gasteiger charge is 2.23. The summed E-state index contributed by atoms with van der Waals surface area (Å²) in [5, 5.41) is 4.80. The van der Waals surface area contributed by atoms with E-state index in [0.717, 1.165) is 43.1 Å². The van der Waals surface area contributed by atoms with Crippen LogP contribution in [-0.4, -0.2) is 50.8 Å². The number of halogens is 1. The van der Waals surface area contributed by atoms with Crippen LogP contribution in [0.3, 0.4) is 0 Å². The van der Waals surface area contributed by atoms with Crippen LogP contribution in [-0.2, 0) is 26.4 Å². The van der Waals surface area contributed by atoms with Crippen molar-refractivity contribution in [1.29, 1.82) is 0 Å². The van der Waals surface area contributed by atoms with Crippen molar-refractivity contribution in [3.05, 3.63) is 33.8 Å². The van der Waals surface area contributed by atoms with Crippen molar-refractivity contribution < 1.29 is 0 Å². The van der Waals surface area contributed by atoms with E-state index in [4.69, 9.17) is 5.10 Å². The minimum atomic E-state index is 0.827. The molecule has 1 saturated heterocycles. The summed E-state index contributed by atoms with van der Waals surface area (Å²) in [5.74, 6) is 0.827. The molecule has 24 heavy (non-hydrogen) atoms. The van der Waals surface area contributed by atoms with Crippen molar-refractivity contribution in [2.24, 2.45) is 7.05 Å². The Kier molecular flexibility index (Phi) is 4.54. The molecule has 6 nitrogen and oxygen atoms in total. The molecule has 0 bridgehead atoms. The molecule has 0 radical (unpaired) electrons. The zero-order valence-corrected chi connectivity index (χ0v) is 15.7. The highest BCUT2D eigenvalue weighted by molar-refractivity contribution is 9.10. The zero-order valence-electron chi connectivity index (χ0n) is 14.1. The Morgan fingerprint density at radius 1 is 1.04 bits per heavy atom. The van der Waals surface area contributed by atoms with E-state index in [-0.39, 0.29) is 0 Å². The lowest BCUT2D eigenvalue weighted by atomic mass is 9.95. The standard InChI is InChI=1S/C17H23BrN6/c1-22-16-5-3-2-4-14(16)15(21-22)12-23-6-8-24(9-7-23)17-19-10-13(18)11-20-17/h10-11H,2-9,12H2,1H3. The highest BCUT2D eigenvalue weighted by atomic mass is 79.9. The minimum Gasteiger partial charge on any atom is -0.338 e. The van der Waals surface area contributed by atoms with Crippen molar-refractivity contribution in [3.63, 3.8) is 0 Å². The highest BCUT2D eigenvalue weighted by Crippen LogP contribution is 2.25. The molecule has 2 aliphatic rings. The smallest absolute Gasteiger partial charge is 0.225 e. The number of anilines is 1. The molecule has 0 atom stereocenters. The SMILES string of the molecule is Cn1nc(CN2CCN(c3ncc(Br)cn3)CC2)c2c1CCCC2. The third kappa shape index (κ3) is 3.19. The molecule has 0 unspecified atom stereocenters. The summed E-state index contributed by atoms with van der Waals surface area (Å²) in [5.41, 5.74) is 4.26. The van der Waals surface area contributed by atoms with Crippen LogP contribution in [0.5, 0.6) is 0 Å². The van der Waals surface area contributed by atoms with Crippen molar-refractivity contribution in [3.8, 4) is 0 Å². The lowest BCUT2D eigenvalue weighted by Crippen LogP contribution is -2.46. The molecular formula is C17H23BrN6. The number of nitrogens with zero attached hydrogens (tertiary/aromatic N) is 6. The van der Waals surface area contributed by atoms with Gasteiger partial charge in [0.05, 0.1) is 10.2 Å². The van der Waals surface area contributed by atoms with Crippen molar-refractivity contribution in [1.82, 2.24) is 24.6 Å².